The van der Waals surface area contributed by atoms with Crippen LogP contribution < -0.4 is 4.83 Å². The van der Waals surface area contributed by atoms with E-state index >= 15 is 0 Å². The summed E-state index contributed by atoms with van der Waals surface area (Å²) in [5.41, 5.74) is 2.54. The van der Waals surface area contributed by atoms with Crippen molar-refractivity contribution in [3.8, 4) is 0 Å². The van der Waals surface area contributed by atoms with E-state index in [0.29, 0.717) is 12.5 Å². The number of rotatable bonds is 5. The summed E-state index contributed by atoms with van der Waals surface area (Å²) in [5, 5.41) is 15.5. The highest BCUT2D eigenvalue weighted by Crippen LogP contribution is 2.42. The van der Waals surface area contributed by atoms with Gasteiger partial charge in [-0.2, -0.15) is 13.5 Å². The summed E-state index contributed by atoms with van der Waals surface area (Å²) >= 11 is 0. The van der Waals surface area contributed by atoms with E-state index in [2.05, 4.69) is 21.9 Å². The molecule has 0 spiro atoms. The number of hydrazone groups is 1. The van der Waals surface area contributed by atoms with Crippen LogP contribution in [0.2, 0.25) is 0 Å². The van der Waals surface area contributed by atoms with Crippen molar-refractivity contribution in [2.75, 3.05) is 7.05 Å². The molecule has 2 saturated heterocycles. The molecule has 7 heteroatoms. The maximum absolute atomic E-state index is 12.7. The number of benzene rings is 2. The van der Waals surface area contributed by atoms with Crippen LogP contribution in [-0.4, -0.2) is 43.3 Å². The van der Waals surface area contributed by atoms with E-state index < -0.39 is 16.1 Å². The number of hydrogen-bond acceptors (Lipinski definition) is 5. The number of nitrogens with zero attached hydrogens (tertiary/aromatic N) is 2. The van der Waals surface area contributed by atoms with Gasteiger partial charge in [-0.15, -0.1) is 0 Å². The Balaban J connectivity index is 1.64. The molecule has 0 unspecified atom stereocenters. The van der Waals surface area contributed by atoms with E-state index in [-0.39, 0.29) is 16.9 Å². The van der Waals surface area contributed by atoms with Gasteiger partial charge in [0.25, 0.3) is 10.0 Å². The van der Waals surface area contributed by atoms with Crippen LogP contribution in [0.1, 0.15) is 36.5 Å². The Morgan fingerprint density at radius 3 is 2.48 bits per heavy atom. The summed E-state index contributed by atoms with van der Waals surface area (Å²) in [4.78, 5) is 4.91. The maximum Gasteiger partial charge on any atom is 0.276 e. The summed E-state index contributed by atoms with van der Waals surface area (Å²) in [7, 11) is -1.67. The largest absolute Gasteiger partial charge is 0.388 e. The Kier molecular flexibility index (Phi) is 5.46. The third-order valence-electron chi connectivity index (χ3n) is 6.26. The highest BCUT2D eigenvalue weighted by atomic mass is 32.2. The average molecular weight is 414 g/mol. The van der Waals surface area contributed by atoms with Gasteiger partial charge in [-0.05, 0) is 44.5 Å². The molecule has 4 atom stereocenters. The standard InChI is InChI=1S/C22H27N3O3S/c1-15-8-11-18(12-9-15)29(27,28)24-23-19-14-17-10-13-20(25(17)2)21(19)22(26)16-6-4-3-5-7-16/h3-9,11-12,17,20-22,24,26H,10,13-14H2,1-2H3/b23-19+/t17-,20+,21-,22-/m1/s1. The molecule has 4 rings (SSSR count). The SMILES string of the molecule is Cc1ccc(S(=O)(=O)N/N=C2\C[C@H]3CC[C@@H]([C@@H]2[C@H](O)c2ccccc2)N3C)cc1. The summed E-state index contributed by atoms with van der Waals surface area (Å²) in [5.74, 6) is -0.248. The van der Waals surface area contributed by atoms with Crippen LogP contribution in [0.3, 0.4) is 0 Å². The van der Waals surface area contributed by atoms with Crippen LogP contribution >= 0.6 is 0 Å². The van der Waals surface area contributed by atoms with Crippen molar-refractivity contribution in [3.63, 3.8) is 0 Å². The van der Waals surface area contributed by atoms with Crippen LogP contribution in [0.5, 0.6) is 0 Å². The van der Waals surface area contributed by atoms with Gasteiger partial charge in [0.1, 0.15) is 0 Å². The van der Waals surface area contributed by atoms with Gasteiger partial charge < -0.3 is 5.11 Å². The summed E-state index contributed by atoms with van der Waals surface area (Å²) < 4.78 is 25.4. The van der Waals surface area contributed by atoms with Crippen LogP contribution in [0.15, 0.2) is 64.6 Å². The fraction of sp³-hybridized carbons (Fsp3) is 0.409. The molecular formula is C22H27N3O3S. The molecular weight excluding hydrogens is 386 g/mol. The van der Waals surface area contributed by atoms with Gasteiger partial charge in [-0.25, -0.2) is 4.83 Å². The third-order valence-corrected chi connectivity index (χ3v) is 7.49. The Hall–Kier alpha value is -2.22. The van der Waals surface area contributed by atoms with Crippen LogP contribution in [-0.2, 0) is 10.0 Å². The van der Waals surface area contributed by atoms with Crippen LogP contribution in [0.25, 0.3) is 0 Å². The molecule has 154 valence electrons. The number of aryl methyl sites for hydroxylation is 1. The number of fused-ring (bicyclic) bond motifs is 2. The number of hydrogen-bond donors (Lipinski definition) is 2. The van der Waals surface area contributed by atoms with Gasteiger partial charge in [-0.3, -0.25) is 4.90 Å². The van der Waals surface area contributed by atoms with Crippen LogP contribution in [0.4, 0.5) is 0 Å². The van der Waals surface area contributed by atoms with Gasteiger partial charge in [0.15, 0.2) is 0 Å². The monoisotopic (exact) mass is 413 g/mol. The molecule has 2 heterocycles. The molecule has 2 aliphatic rings. The first-order valence-electron chi connectivity index (χ1n) is 9.96. The minimum Gasteiger partial charge on any atom is -0.388 e. The van der Waals surface area contributed by atoms with Gasteiger partial charge in [0, 0.05) is 30.1 Å². The number of sulfonamides is 1. The van der Waals surface area contributed by atoms with Gasteiger partial charge in [-0.1, -0.05) is 48.0 Å². The molecule has 2 aromatic carbocycles. The molecule has 0 aromatic heterocycles. The average Bonchev–Trinajstić information content (AvgIpc) is 2.96. The van der Waals surface area contributed by atoms with Crippen molar-refractivity contribution in [1.82, 2.24) is 9.73 Å². The van der Waals surface area contributed by atoms with E-state index in [1.54, 1.807) is 24.3 Å². The molecule has 0 amide bonds. The Morgan fingerprint density at radius 1 is 1.10 bits per heavy atom. The van der Waals surface area contributed by atoms with E-state index in [1.807, 2.05) is 37.3 Å². The number of piperidine rings is 1. The van der Waals surface area contributed by atoms with Crippen molar-refractivity contribution in [3.05, 3.63) is 65.7 Å². The summed E-state index contributed by atoms with van der Waals surface area (Å²) in [6.45, 7) is 1.91. The topological polar surface area (TPSA) is 82.0 Å². The van der Waals surface area contributed by atoms with Crippen molar-refractivity contribution in [2.45, 2.75) is 49.3 Å². The molecule has 2 aliphatic heterocycles. The van der Waals surface area contributed by atoms with Crippen molar-refractivity contribution in [2.24, 2.45) is 11.0 Å². The van der Waals surface area contributed by atoms with E-state index in [1.165, 1.54) is 0 Å². The second-order valence-electron chi connectivity index (χ2n) is 8.06. The lowest BCUT2D eigenvalue weighted by Crippen LogP contribution is -2.49. The van der Waals surface area contributed by atoms with Crippen molar-refractivity contribution >= 4 is 15.7 Å². The fourth-order valence-electron chi connectivity index (χ4n) is 4.58. The van der Waals surface area contributed by atoms with E-state index in [9.17, 15) is 13.5 Å². The first kappa shape index (κ1) is 20.1. The lowest BCUT2D eigenvalue weighted by Gasteiger charge is -2.40. The van der Waals surface area contributed by atoms with Gasteiger partial charge >= 0.3 is 0 Å². The number of aliphatic hydroxyl groups is 1. The lowest BCUT2D eigenvalue weighted by atomic mass is 9.81. The zero-order valence-corrected chi connectivity index (χ0v) is 17.5. The lowest BCUT2D eigenvalue weighted by molar-refractivity contribution is 0.0734. The van der Waals surface area contributed by atoms with Gasteiger partial charge in [0.05, 0.1) is 11.0 Å². The second-order valence-corrected chi connectivity index (χ2v) is 9.72. The first-order chi connectivity index (χ1) is 13.9. The Bertz CT molecular complexity index is 990. The van der Waals surface area contributed by atoms with E-state index in [4.69, 9.17) is 0 Å². The smallest absolute Gasteiger partial charge is 0.276 e. The molecule has 2 aromatic rings. The fourth-order valence-corrected chi connectivity index (χ4v) is 5.42. The minimum absolute atomic E-state index is 0.145. The van der Waals surface area contributed by atoms with Gasteiger partial charge in [0.2, 0.25) is 0 Å². The molecule has 2 N–H and O–H groups in total. The Morgan fingerprint density at radius 2 is 1.79 bits per heavy atom. The van der Waals surface area contributed by atoms with E-state index in [0.717, 1.165) is 29.7 Å². The molecule has 0 saturated carbocycles. The number of aliphatic hydroxyl groups excluding tert-OH is 1. The highest BCUT2D eigenvalue weighted by Gasteiger charge is 2.47. The molecule has 0 aliphatic carbocycles. The predicted octanol–water partition coefficient (Wildman–Crippen LogP) is 2.85. The zero-order chi connectivity index (χ0) is 20.6. The third kappa shape index (κ3) is 3.95. The molecule has 2 bridgehead atoms. The molecule has 29 heavy (non-hydrogen) atoms. The first-order valence-corrected chi connectivity index (χ1v) is 11.4. The Labute approximate surface area is 172 Å². The quantitative estimate of drug-likeness (QED) is 0.739. The van der Waals surface area contributed by atoms with Crippen LogP contribution in [0, 0.1) is 12.8 Å². The van der Waals surface area contributed by atoms with Crippen molar-refractivity contribution < 1.29 is 13.5 Å². The highest BCUT2D eigenvalue weighted by molar-refractivity contribution is 7.89. The number of nitrogens with one attached hydrogen (secondary N) is 1. The van der Waals surface area contributed by atoms with Crippen molar-refractivity contribution in [1.29, 1.82) is 0 Å². The maximum atomic E-state index is 12.7. The second kappa shape index (κ2) is 7.89. The normalized spacial score (nSPS) is 27.1. The minimum atomic E-state index is -3.75. The zero-order valence-electron chi connectivity index (χ0n) is 16.7. The summed E-state index contributed by atoms with van der Waals surface area (Å²) in [6.07, 6.45) is 1.92. The predicted molar refractivity (Wildman–Crippen MR) is 113 cm³/mol. The summed E-state index contributed by atoms with van der Waals surface area (Å²) in [6, 6.07) is 16.7. The molecule has 6 nitrogen and oxygen atoms in total. The molecule has 0 radical (unpaired) electrons. The molecule has 2 fully saturated rings.